The van der Waals surface area contributed by atoms with Crippen LogP contribution in [0, 0.1) is 23.1 Å². The molecule has 0 bridgehead atoms. The van der Waals surface area contributed by atoms with Gasteiger partial charge in [0.25, 0.3) is 0 Å². The summed E-state index contributed by atoms with van der Waals surface area (Å²) in [5, 5.41) is 14.8. The van der Waals surface area contributed by atoms with Crippen molar-refractivity contribution in [1.29, 1.82) is 5.26 Å². The maximum Gasteiger partial charge on any atom is 0.214 e. The number of piperidine rings is 1. The Hall–Kier alpha value is -3.02. The Morgan fingerprint density at radius 1 is 1.09 bits per heavy atom. The molecule has 5 rings (SSSR count). The number of nitrogens with zero attached hydrogens (tertiary/aromatic N) is 3. The van der Waals surface area contributed by atoms with E-state index in [1.54, 1.807) is 22.6 Å². The summed E-state index contributed by atoms with van der Waals surface area (Å²) >= 11 is 0. The summed E-state index contributed by atoms with van der Waals surface area (Å²) in [6.45, 7) is 1.04. The minimum atomic E-state index is -3.17. The highest BCUT2D eigenvalue weighted by molar-refractivity contribution is 7.89. The number of nitrogens with one attached hydrogen (secondary N) is 1. The van der Waals surface area contributed by atoms with Crippen LogP contribution in [0.1, 0.15) is 31.2 Å². The van der Waals surface area contributed by atoms with Crippen molar-refractivity contribution in [2.24, 2.45) is 5.92 Å². The minimum Gasteiger partial charge on any atom is -0.382 e. The summed E-state index contributed by atoms with van der Waals surface area (Å²) < 4.78 is 40.7. The second-order valence-corrected chi connectivity index (χ2v) is 11.0. The molecular weight excluding hydrogens is 439 g/mol. The van der Waals surface area contributed by atoms with E-state index in [1.165, 1.54) is 6.07 Å². The highest BCUT2D eigenvalue weighted by atomic mass is 32.2. The summed E-state index contributed by atoms with van der Waals surface area (Å²) in [6.07, 6.45) is 7.04. The molecule has 33 heavy (non-hydrogen) atoms. The number of pyridine rings is 1. The van der Waals surface area contributed by atoms with Gasteiger partial charge in [-0.1, -0.05) is 6.07 Å². The minimum absolute atomic E-state index is 0.0108. The molecule has 1 aliphatic heterocycles. The van der Waals surface area contributed by atoms with E-state index >= 15 is 0 Å². The fourth-order valence-electron chi connectivity index (χ4n) is 4.46. The Labute approximate surface area is 193 Å². The van der Waals surface area contributed by atoms with Gasteiger partial charge in [-0.25, -0.2) is 17.1 Å². The van der Waals surface area contributed by atoms with Gasteiger partial charge < -0.3 is 5.32 Å². The lowest BCUT2D eigenvalue weighted by atomic mass is 9.98. The lowest BCUT2D eigenvalue weighted by molar-refractivity contribution is 0.329. The van der Waals surface area contributed by atoms with Crippen LogP contribution in [-0.4, -0.2) is 42.6 Å². The number of hydrogen-bond acceptors (Lipinski definition) is 5. The van der Waals surface area contributed by atoms with Crippen molar-refractivity contribution in [2.45, 2.75) is 31.7 Å². The first-order valence-corrected chi connectivity index (χ1v) is 12.9. The Balaban J connectivity index is 1.39. The van der Waals surface area contributed by atoms with Crippen molar-refractivity contribution < 1.29 is 12.8 Å². The van der Waals surface area contributed by atoms with Crippen LogP contribution < -0.4 is 5.32 Å². The van der Waals surface area contributed by atoms with Gasteiger partial charge >= 0.3 is 0 Å². The first-order chi connectivity index (χ1) is 15.9. The summed E-state index contributed by atoms with van der Waals surface area (Å²) in [6, 6.07) is 12.5. The number of anilines is 1. The van der Waals surface area contributed by atoms with Gasteiger partial charge in [0.2, 0.25) is 10.0 Å². The molecule has 2 heterocycles. The van der Waals surface area contributed by atoms with E-state index in [-0.39, 0.29) is 17.4 Å². The fourth-order valence-corrected chi connectivity index (χ4v) is 6.37. The average molecular weight is 465 g/mol. The molecule has 2 aromatic carbocycles. The molecule has 0 unspecified atom stereocenters. The molecule has 2 fully saturated rings. The van der Waals surface area contributed by atoms with Crippen LogP contribution in [0.5, 0.6) is 0 Å². The normalized spacial score (nSPS) is 17.7. The van der Waals surface area contributed by atoms with Gasteiger partial charge in [0.1, 0.15) is 11.9 Å². The summed E-state index contributed by atoms with van der Waals surface area (Å²) in [5.74, 6) is 0.0969. The second kappa shape index (κ2) is 8.73. The number of aromatic nitrogens is 1. The van der Waals surface area contributed by atoms with Crippen molar-refractivity contribution in [2.75, 3.05) is 24.2 Å². The van der Waals surface area contributed by atoms with Gasteiger partial charge in [-0.05, 0) is 78.4 Å². The zero-order valence-electron chi connectivity index (χ0n) is 18.2. The first kappa shape index (κ1) is 21.8. The molecule has 0 radical (unpaired) electrons. The van der Waals surface area contributed by atoms with E-state index in [4.69, 9.17) is 0 Å². The molecule has 1 N–H and O–H groups in total. The highest BCUT2D eigenvalue weighted by Gasteiger charge is 2.34. The van der Waals surface area contributed by atoms with E-state index in [1.807, 2.05) is 30.5 Å². The van der Waals surface area contributed by atoms with Crippen molar-refractivity contribution in [3.05, 3.63) is 60.2 Å². The van der Waals surface area contributed by atoms with Gasteiger partial charge in [0.05, 0.1) is 11.3 Å². The summed E-state index contributed by atoms with van der Waals surface area (Å²) in [5.41, 5.74) is 2.54. The Bertz CT molecular complexity index is 1340. The number of rotatable bonds is 6. The lowest BCUT2D eigenvalue weighted by Crippen LogP contribution is -2.43. The second-order valence-electron chi connectivity index (χ2n) is 8.97. The van der Waals surface area contributed by atoms with Gasteiger partial charge in [-0.2, -0.15) is 5.26 Å². The fraction of sp³-hybridized carbons (Fsp3) is 0.360. The molecule has 1 aliphatic carbocycles. The van der Waals surface area contributed by atoms with Crippen LogP contribution in [0.25, 0.3) is 21.9 Å². The maximum atomic E-state index is 13.8. The molecular formula is C25H25FN4O2S. The van der Waals surface area contributed by atoms with E-state index < -0.39 is 15.8 Å². The standard InChI is InChI=1S/C25H25FN4O2S/c26-24-4-3-18(11-21(24)14-27)20-12-19-5-8-28-15-23(19)25(13-20)29-22-6-9-30(10-7-22)33(31,32)16-17-1-2-17/h3-5,8,11-13,15,17,22,29H,1-2,6-7,9-10,16H2. The molecule has 0 spiro atoms. The van der Waals surface area contributed by atoms with Crippen LogP contribution in [0.2, 0.25) is 0 Å². The smallest absolute Gasteiger partial charge is 0.214 e. The number of hydrogen-bond donors (Lipinski definition) is 1. The molecule has 1 saturated heterocycles. The third-order valence-corrected chi connectivity index (χ3v) is 8.57. The zero-order chi connectivity index (χ0) is 23.0. The topological polar surface area (TPSA) is 86.1 Å². The molecule has 1 aromatic heterocycles. The molecule has 0 atom stereocenters. The van der Waals surface area contributed by atoms with Gasteiger partial charge in [-0.3, -0.25) is 4.98 Å². The number of benzene rings is 2. The third-order valence-electron chi connectivity index (χ3n) is 6.53. The Kier molecular flexibility index (Phi) is 5.77. The zero-order valence-corrected chi connectivity index (χ0v) is 19.0. The molecule has 0 amide bonds. The number of nitriles is 1. The van der Waals surface area contributed by atoms with Crippen LogP contribution in [-0.2, 0) is 10.0 Å². The van der Waals surface area contributed by atoms with Gasteiger partial charge in [0, 0.05) is 42.6 Å². The maximum absolute atomic E-state index is 13.8. The Morgan fingerprint density at radius 3 is 2.61 bits per heavy atom. The van der Waals surface area contributed by atoms with Crippen molar-refractivity contribution in [3.8, 4) is 17.2 Å². The van der Waals surface area contributed by atoms with Crippen molar-refractivity contribution in [1.82, 2.24) is 9.29 Å². The molecule has 6 nitrogen and oxygen atoms in total. The molecule has 1 saturated carbocycles. The average Bonchev–Trinajstić information content (AvgIpc) is 3.63. The predicted octanol–water partition coefficient (Wildman–Crippen LogP) is 4.53. The van der Waals surface area contributed by atoms with E-state index in [0.29, 0.717) is 19.0 Å². The molecule has 2 aliphatic rings. The van der Waals surface area contributed by atoms with Crippen LogP contribution >= 0.6 is 0 Å². The van der Waals surface area contributed by atoms with E-state index in [0.717, 1.165) is 53.3 Å². The summed E-state index contributed by atoms with van der Waals surface area (Å²) in [4.78, 5) is 4.27. The van der Waals surface area contributed by atoms with Crippen molar-refractivity contribution >= 4 is 26.5 Å². The van der Waals surface area contributed by atoms with Crippen molar-refractivity contribution in [3.63, 3.8) is 0 Å². The summed E-state index contributed by atoms with van der Waals surface area (Å²) in [7, 11) is -3.17. The SMILES string of the molecule is N#Cc1cc(-c2cc(NC3CCN(S(=O)(=O)CC4CC4)CC3)c3cnccc3c2)ccc1F. The van der Waals surface area contributed by atoms with E-state index in [9.17, 15) is 18.1 Å². The quantitative estimate of drug-likeness (QED) is 0.579. The van der Waals surface area contributed by atoms with Gasteiger partial charge in [0.15, 0.2) is 0 Å². The van der Waals surface area contributed by atoms with Gasteiger partial charge in [-0.15, -0.1) is 0 Å². The third kappa shape index (κ3) is 4.70. The van der Waals surface area contributed by atoms with Crippen LogP contribution in [0.4, 0.5) is 10.1 Å². The number of halogens is 1. The largest absolute Gasteiger partial charge is 0.382 e. The Morgan fingerprint density at radius 2 is 1.88 bits per heavy atom. The number of sulfonamides is 1. The first-order valence-electron chi connectivity index (χ1n) is 11.2. The lowest BCUT2D eigenvalue weighted by Gasteiger charge is -2.32. The molecule has 3 aromatic rings. The van der Waals surface area contributed by atoms with Crippen LogP contribution in [0.3, 0.4) is 0 Å². The number of fused-ring (bicyclic) bond motifs is 1. The van der Waals surface area contributed by atoms with Crippen LogP contribution in [0.15, 0.2) is 48.8 Å². The van der Waals surface area contributed by atoms with E-state index in [2.05, 4.69) is 10.3 Å². The molecule has 170 valence electrons. The molecule has 8 heteroatoms. The monoisotopic (exact) mass is 464 g/mol. The predicted molar refractivity (Wildman–Crippen MR) is 127 cm³/mol. The highest BCUT2D eigenvalue weighted by Crippen LogP contribution is 2.34.